The number of imide groups is 1. The van der Waals surface area contributed by atoms with Crippen molar-refractivity contribution in [3.05, 3.63) is 29.8 Å². The molecular formula is C17H22F2N4O4S. The Balaban J connectivity index is 1.60. The van der Waals surface area contributed by atoms with E-state index in [9.17, 15) is 26.8 Å². The van der Waals surface area contributed by atoms with Gasteiger partial charge in [-0.15, -0.1) is 0 Å². The molecule has 2 fully saturated rings. The quantitative estimate of drug-likeness (QED) is 0.698. The number of carbonyl (C=O) groups excluding carboxylic acids is 2. The van der Waals surface area contributed by atoms with Crippen LogP contribution in [0.5, 0.6) is 0 Å². The summed E-state index contributed by atoms with van der Waals surface area (Å²) in [4.78, 5) is 26.9. The van der Waals surface area contributed by atoms with Gasteiger partial charge in [0.25, 0.3) is 5.91 Å². The number of carbonyl (C=O) groups is 2. The van der Waals surface area contributed by atoms with Crippen LogP contribution in [0.15, 0.2) is 23.1 Å². The summed E-state index contributed by atoms with van der Waals surface area (Å²) >= 11 is 0. The monoisotopic (exact) mass is 416 g/mol. The van der Waals surface area contributed by atoms with E-state index in [-0.39, 0.29) is 30.6 Å². The van der Waals surface area contributed by atoms with Crippen LogP contribution in [-0.2, 0) is 14.8 Å². The first-order valence-corrected chi connectivity index (χ1v) is 10.5. The Kier molecular flexibility index (Phi) is 5.96. The lowest BCUT2D eigenvalue weighted by molar-refractivity contribution is -0.129. The van der Waals surface area contributed by atoms with Crippen molar-refractivity contribution in [3.8, 4) is 0 Å². The standard InChI is InChI=1S/C17H22F2N4O4S/c1-2-3-15-16(24)23(17(25)20-15)11-21-6-8-22(9-7-21)28(26,27)12-4-5-13(18)14(19)10-12/h4-5,10,15H,2-3,6-9,11H2,1H3,(H,20,25)/t15-/m0/s1. The summed E-state index contributed by atoms with van der Waals surface area (Å²) in [6, 6.07) is 1.52. The molecule has 2 saturated heterocycles. The molecule has 0 saturated carbocycles. The van der Waals surface area contributed by atoms with Crippen LogP contribution >= 0.6 is 0 Å². The molecule has 3 amide bonds. The zero-order valence-corrected chi connectivity index (χ0v) is 16.2. The number of rotatable bonds is 6. The van der Waals surface area contributed by atoms with E-state index in [0.29, 0.717) is 25.6 Å². The van der Waals surface area contributed by atoms with Crippen molar-refractivity contribution >= 4 is 22.0 Å². The van der Waals surface area contributed by atoms with Gasteiger partial charge in [0.15, 0.2) is 11.6 Å². The smallest absolute Gasteiger partial charge is 0.325 e. The molecule has 0 spiro atoms. The molecule has 3 rings (SSSR count). The van der Waals surface area contributed by atoms with Gasteiger partial charge in [-0.1, -0.05) is 13.3 Å². The lowest BCUT2D eigenvalue weighted by Crippen LogP contribution is -2.52. The summed E-state index contributed by atoms with van der Waals surface area (Å²) in [5, 5.41) is 2.65. The van der Waals surface area contributed by atoms with E-state index in [1.165, 1.54) is 4.31 Å². The van der Waals surface area contributed by atoms with Crippen molar-refractivity contribution in [3.63, 3.8) is 0 Å². The Labute approximate surface area is 162 Å². The van der Waals surface area contributed by atoms with Crippen molar-refractivity contribution in [2.75, 3.05) is 32.8 Å². The molecule has 8 nitrogen and oxygen atoms in total. The van der Waals surface area contributed by atoms with Gasteiger partial charge in [0.2, 0.25) is 10.0 Å². The van der Waals surface area contributed by atoms with Crippen LogP contribution in [0, 0.1) is 11.6 Å². The number of piperazine rings is 1. The lowest BCUT2D eigenvalue weighted by atomic mass is 10.2. The van der Waals surface area contributed by atoms with E-state index in [2.05, 4.69) is 5.32 Å². The summed E-state index contributed by atoms with van der Waals surface area (Å²) in [6.45, 7) is 2.85. The van der Waals surface area contributed by atoms with Crippen molar-refractivity contribution in [1.29, 1.82) is 0 Å². The summed E-state index contributed by atoms with van der Waals surface area (Å²) in [5.74, 6) is -2.61. The van der Waals surface area contributed by atoms with Gasteiger partial charge in [-0.25, -0.2) is 26.9 Å². The lowest BCUT2D eigenvalue weighted by Gasteiger charge is -2.35. The molecule has 0 aromatic heterocycles. The molecular weight excluding hydrogens is 394 g/mol. The fourth-order valence-corrected chi connectivity index (χ4v) is 4.73. The largest absolute Gasteiger partial charge is 0.326 e. The third kappa shape index (κ3) is 4.01. The SMILES string of the molecule is CCC[C@@H]1NC(=O)N(CN2CCN(S(=O)(=O)c3ccc(F)c(F)c3)CC2)C1=O. The number of amides is 3. The Morgan fingerprint density at radius 2 is 1.79 bits per heavy atom. The maximum Gasteiger partial charge on any atom is 0.325 e. The topological polar surface area (TPSA) is 90.0 Å². The van der Waals surface area contributed by atoms with Crippen LogP contribution in [0.4, 0.5) is 13.6 Å². The van der Waals surface area contributed by atoms with Gasteiger partial charge in [0.05, 0.1) is 11.6 Å². The molecule has 1 atom stereocenters. The maximum absolute atomic E-state index is 13.4. The predicted molar refractivity (Wildman–Crippen MR) is 95.6 cm³/mol. The Morgan fingerprint density at radius 1 is 1.11 bits per heavy atom. The highest BCUT2D eigenvalue weighted by Gasteiger charge is 2.39. The van der Waals surface area contributed by atoms with E-state index in [1.807, 2.05) is 11.8 Å². The maximum atomic E-state index is 13.4. The average molecular weight is 416 g/mol. The molecule has 11 heteroatoms. The molecule has 2 heterocycles. The summed E-state index contributed by atoms with van der Waals surface area (Å²) in [6.07, 6.45) is 1.34. The third-order valence-electron chi connectivity index (χ3n) is 4.89. The highest BCUT2D eigenvalue weighted by molar-refractivity contribution is 7.89. The molecule has 28 heavy (non-hydrogen) atoms. The highest BCUT2D eigenvalue weighted by Crippen LogP contribution is 2.20. The summed E-state index contributed by atoms with van der Waals surface area (Å²) in [7, 11) is -3.95. The van der Waals surface area contributed by atoms with Gasteiger partial charge in [-0.2, -0.15) is 4.31 Å². The molecule has 154 valence electrons. The molecule has 2 aliphatic rings. The first-order chi connectivity index (χ1) is 13.2. The molecule has 1 N–H and O–H groups in total. The van der Waals surface area contributed by atoms with Gasteiger partial charge >= 0.3 is 6.03 Å². The second kappa shape index (κ2) is 8.10. The minimum absolute atomic E-state index is 0.0872. The Morgan fingerprint density at radius 3 is 2.39 bits per heavy atom. The number of benzene rings is 1. The van der Waals surface area contributed by atoms with Crippen molar-refractivity contribution in [2.24, 2.45) is 0 Å². The van der Waals surface area contributed by atoms with Crippen molar-refractivity contribution < 1.29 is 26.8 Å². The van der Waals surface area contributed by atoms with Crippen molar-refractivity contribution in [2.45, 2.75) is 30.7 Å². The van der Waals surface area contributed by atoms with E-state index in [1.54, 1.807) is 0 Å². The fourth-order valence-electron chi connectivity index (χ4n) is 3.29. The predicted octanol–water partition coefficient (Wildman–Crippen LogP) is 0.949. The van der Waals surface area contributed by atoms with Crippen LogP contribution in [0.2, 0.25) is 0 Å². The Bertz CT molecular complexity index is 872. The van der Waals surface area contributed by atoms with Gasteiger partial charge in [0, 0.05) is 26.2 Å². The van der Waals surface area contributed by atoms with Gasteiger partial charge in [-0.05, 0) is 24.6 Å². The van der Waals surface area contributed by atoms with Crippen molar-refractivity contribution in [1.82, 2.24) is 19.4 Å². The number of nitrogens with one attached hydrogen (secondary N) is 1. The number of halogens is 2. The normalized spacial score (nSPS) is 22.0. The van der Waals surface area contributed by atoms with Crippen LogP contribution in [-0.4, -0.2) is 73.4 Å². The van der Waals surface area contributed by atoms with E-state index in [0.717, 1.165) is 23.5 Å². The number of hydrogen-bond acceptors (Lipinski definition) is 5. The van der Waals surface area contributed by atoms with E-state index in [4.69, 9.17) is 0 Å². The fraction of sp³-hybridized carbons (Fsp3) is 0.529. The third-order valence-corrected chi connectivity index (χ3v) is 6.78. The first-order valence-electron chi connectivity index (χ1n) is 9.03. The number of sulfonamides is 1. The minimum atomic E-state index is -3.95. The number of nitrogens with zero attached hydrogens (tertiary/aromatic N) is 3. The first kappa shape index (κ1) is 20.6. The summed E-state index contributed by atoms with van der Waals surface area (Å²) in [5.41, 5.74) is 0. The minimum Gasteiger partial charge on any atom is -0.326 e. The second-order valence-corrected chi connectivity index (χ2v) is 8.73. The van der Waals surface area contributed by atoms with Crippen LogP contribution in [0.3, 0.4) is 0 Å². The molecule has 0 aliphatic carbocycles. The van der Waals surface area contributed by atoms with Gasteiger partial charge in [-0.3, -0.25) is 9.69 Å². The highest BCUT2D eigenvalue weighted by atomic mass is 32.2. The number of urea groups is 1. The average Bonchev–Trinajstić information content (AvgIpc) is 2.92. The molecule has 2 aliphatic heterocycles. The van der Waals surface area contributed by atoms with Gasteiger partial charge in [0.1, 0.15) is 6.04 Å². The Hall–Kier alpha value is -2.11. The number of hydrogen-bond donors (Lipinski definition) is 1. The molecule has 1 aromatic carbocycles. The van der Waals surface area contributed by atoms with Gasteiger partial charge < -0.3 is 5.32 Å². The zero-order chi connectivity index (χ0) is 20.5. The van der Waals surface area contributed by atoms with Crippen LogP contribution in [0.1, 0.15) is 19.8 Å². The molecule has 0 unspecified atom stereocenters. The molecule has 1 aromatic rings. The summed E-state index contributed by atoms with van der Waals surface area (Å²) < 4.78 is 52.8. The zero-order valence-electron chi connectivity index (χ0n) is 15.4. The second-order valence-electron chi connectivity index (χ2n) is 6.80. The van der Waals surface area contributed by atoms with E-state index >= 15 is 0 Å². The van der Waals surface area contributed by atoms with Crippen LogP contribution in [0.25, 0.3) is 0 Å². The van der Waals surface area contributed by atoms with E-state index < -0.39 is 33.7 Å². The molecule has 0 radical (unpaired) electrons. The molecule has 0 bridgehead atoms. The van der Waals surface area contributed by atoms with Crippen LogP contribution < -0.4 is 5.32 Å².